The van der Waals surface area contributed by atoms with E-state index in [2.05, 4.69) is 36.9 Å². The number of nitrogens with one attached hydrogen (secondary N) is 1. The van der Waals surface area contributed by atoms with E-state index in [0.717, 1.165) is 27.6 Å². The van der Waals surface area contributed by atoms with Crippen LogP contribution in [0, 0.1) is 0 Å². The fraction of sp³-hybridized carbons (Fsp3) is 0.217. The van der Waals surface area contributed by atoms with Crippen LogP contribution in [0.25, 0.3) is 21.9 Å². The molecular formula is C23H20F3NO2. The van der Waals surface area contributed by atoms with Crippen LogP contribution in [0.4, 0.5) is 24.5 Å². The van der Waals surface area contributed by atoms with Crippen molar-refractivity contribution in [3.05, 3.63) is 66.2 Å². The van der Waals surface area contributed by atoms with Crippen molar-refractivity contribution < 1.29 is 22.3 Å². The van der Waals surface area contributed by atoms with Crippen molar-refractivity contribution >= 4 is 33.3 Å². The Hall–Kier alpha value is -3.15. The van der Waals surface area contributed by atoms with Gasteiger partial charge in [0.25, 0.3) is 0 Å². The molecule has 0 saturated heterocycles. The highest BCUT2D eigenvalue weighted by Gasteiger charge is 2.31. The Bertz CT molecular complexity index is 1170. The lowest BCUT2D eigenvalue weighted by Crippen LogP contribution is -2.16. The maximum Gasteiger partial charge on any atom is 0.573 e. The van der Waals surface area contributed by atoms with E-state index in [4.69, 9.17) is 4.42 Å². The number of benzene rings is 3. The van der Waals surface area contributed by atoms with Gasteiger partial charge in [-0.05, 0) is 35.7 Å². The topological polar surface area (TPSA) is 34.4 Å². The molecule has 0 fully saturated rings. The van der Waals surface area contributed by atoms with E-state index in [1.807, 2.05) is 30.3 Å². The predicted molar refractivity (Wildman–Crippen MR) is 109 cm³/mol. The lowest BCUT2D eigenvalue weighted by molar-refractivity contribution is -0.274. The quantitative estimate of drug-likeness (QED) is 0.387. The van der Waals surface area contributed by atoms with Crippen LogP contribution in [0.3, 0.4) is 0 Å². The molecule has 6 heteroatoms. The van der Waals surface area contributed by atoms with E-state index in [9.17, 15) is 13.2 Å². The average molecular weight is 399 g/mol. The number of halogens is 3. The van der Waals surface area contributed by atoms with Gasteiger partial charge in [0.15, 0.2) is 5.58 Å². The van der Waals surface area contributed by atoms with Gasteiger partial charge < -0.3 is 14.5 Å². The molecule has 4 rings (SSSR count). The summed E-state index contributed by atoms with van der Waals surface area (Å²) in [6, 6.07) is 17.5. The molecule has 1 aromatic heterocycles. The van der Waals surface area contributed by atoms with Gasteiger partial charge in [-0.15, -0.1) is 13.2 Å². The molecule has 29 heavy (non-hydrogen) atoms. The molecule has 1 heterocycles. The summed E-state index contributed by atoms with van der Waals surface area (Å²) in [6.07, 6.45) is -4.71. The van der Waals surface area contributed by atoms with Crippen molar-refractivity contribution in [2.45, 2.75) is 32.5 Å². The van der Waals surface area contributed by atoms with Gasteiger partial charge in [-0.3, -0.25) is 0 Å². The lowest BCUT2D eigenvalue weighted by atomic mass is 9.86. The Kier molecular flexibility index (Phi) is 4.45. The number of ether oxygens (including phenoxy) is 1. The molecule has 0 unspecified atom stereocenters. The van der Waals surface area contributed by atoms with Crippen LogP contribution in [-0.4, -0.2) is 6.36 Å². The van der Waals surface area contributed by atoms with E-state index in [1.54, 1.807) is 0 Å². The molecule has 0 radical (unpaired) electrons. The third kappa shape index (κ3) is 3.88. The Balaban J connectivity index is 1.73. The first kappa shape index (κ1) is 19.2. The largest absolute Gasteiger partial charge is 0.573 e. The molecule has 0 bridgehead atoms. The van der Waals surface area contributed by atoms with Crippen LogP contribution in [0.1, 0.15) is 26.3 Å². The molecule has 0 aliphatic heterocycles. The number of fused-ring (bicyclic) bond motifs is 3. The van der Waals surface area contributed by atoms with Crippen LogP contribution in [0.2, 0.25) is 0 Å². The maximum atomic E-state index is 12.3. The van der Waals surface area contributed by atoms with Crippen molar-refractivity contribution in [2.75, 3.05) is 5.32 Å². The molecular weight excluding hydrogens is 379 g/mol. The molecule has 0 atom stereocenters. The SMILES string of the molecule is CC(C)(C)c1cccc2c1oc1c(Nc3ccc(OC(F)(F)F)cc3)cccc12. The van der Waals surface area contributed by atoms with Gasteiger partial charge in [-0.25, -0.2) is 0 Å². The third-order valence-corrected chi connectivity index (χ3v) is 4.70. The monoisotopic (exact) mass is 399 g/mol. The van der Waals surface area contributed by atoms with Crippen LogP contribution in [0.15, 0.2) is 65.1 Å². The number of alkyl halides is 3. The second-order valence-electron chi connectivity index (χ2n) is 7.91. The molecule has 0 saturated carbocycles. The second kappa shape index (κ2) is 6.72. The van der Waals surface area contributed by atoms with Crippen LogP contribution >= 0.6 is 0 Å². The van der Waals surface area contributed by atoms with Crippen molar-refractivity contribution in [3.63, 3.8) is 0 Å². The molecule has 0 aliphatic carbocycles. The minimum absolute atomic E-state index is 0.0741. The number of hydrogen-bond donors (Lipinski definition) is 1. The molecule has 4 aromatic rings. The zero-order valence-corrected chi connectivity index (χ0v) is 16.2. The summed E-state index contributed by atoms with van der Waals surface area (Å²) in [5, 5.41) is 5.24. The van der Waals surface area contributed by atoms with E-state index in [0.29, 0.717) is 11.3 Å². The van der Waals surface area contributed by atoms with Gasteiger partial charge >= 0.3 is 6.36 Å². The van der Waals surface area contributed by atoms with Crippen molar-refractivity contribution in [3.8, 4) is 5.75 Å². The smallest absolute Gasteiger partial charge is 0.454 e. The van der Waals surface area contributed by atoms with Crippen LogP contribution in [-0.2, 0) is 5.41 Å². The lowest BCUT2D eigenvalue weighted by Gasteiger charge is -2.18. The summed E-state index contributed by atoms with van der Waals surface area (Å²) < 4.78 is 47.2. The van der Waals surface area contributed by atoms with Crippen molar-refractivity contribution in [1.29, 1.82) is 0 Å². The summed E-state index contributed by atoms with van der Waals surface area (Å²) in [7, 11) is 0. The maximum absolute atomic E-state index is 12.3. The minimum atomic E-state index is -4.71. The van der Waals surface area contributed by atoms with Crippen molar-refractivity contribution in [1.82, 2.24) is 0 Å². The van der Waals surface area contributed by atoms with E-state index in [-0.39, 0.29) is 11.2 Å². The first-order chi connectivity index (χ1) is 13.6. The number of hydrogen-bond acceptors (Lipinski definition) is 3. The molecule has 1 N–H and O–H groups in total. The summed E-state index contributed by atoms with van der Waals surface area (Å²) in [5.41, 5.74) is 3.96. The first-order valence-electron chi connectivity index (χ1n) is 9.19. The van der Waals surface area contributed by atoms with Gasteiger partial charge in [0.05, 0.1) is 5.69 Å². The van der Waals surface area contributed by atoms with Gasteiger partial charge in [0, 0.05) is 22.0 Å². The highest BCUT2D eigenvalue weighted by Crippen LogP contribution is 2.39. The third-order valence-electron chi connectivity index (χ3n) is 4.70. The average Bonchev–Trinajstić information content (AvgIpc) is 3.01. The highest BCUT2D eigenvalue weighted by molar-refractivity contribution is 6.10. The summed E-state index contributed by atoms with van der Waals surface area (Å²) >= 11 is 0. The number of rotatable bonds is 3. The van der Waals surface area contributed by atoms with Gasteiger partial charge in [0.2, 0.25) is 0 Å². The van der Waals surface area contributed by atoms with Crippen LogP contribution in [0.5, 0.6) is 5.75 Å². The van der Waals surface area contributed by atoms with Gasteiger partial charge in [-0.1, -0.05) is 51.1 Å². The van der Waals surface area contributed by atoms with Gasteiger partial charge in [-0.2, -0.15) is 0 Å². The summed E-state index contributed by atoms with van der Waals surface area (Å²) in [6.45, 7) is 6.41. The zero-order chi connectivity index (χ0) is 20.8. The number of para-hydroxylation sites is 2. The minimum Gasteiger partial charge on any atom is -0.454 e. The van der Waals surface area contributed by atoms with Crippen LogP contribution < -0.4 is 10.1 Å². The van der Waals surface area contributed by atoms with E-state index in [1.165, 1.54) is 24.3 Å². The fourth-order valence-corrected chi connectivity index (χ4v) is 3.40. The molecule has 0 spiro atoms. The fourth-order valence-electron chi connectivity index (χ4n) is 3.40. The number of anilines is 2. The molecule has 150 valence electrons. The summed E-state index contributed by atoms with van der Waals surface area (Å²) in [4.78, 5) is 0. The normalized spacial score (nSPS) is 12.5. The molecule has 3 aromatic carbocycles. The Morgan fingerprint density at radius 2 is 1.41 bits per heavy atom. The van der Waals surface area contributed by atoms with E-state index < -0.39 is 6.36 Å². The zero-order valence-electron chi connectivity index (χ0n) is 16.2. The second-order valence-corrected chi connectivity index (χ2v) is 7.91. The Labute approximate surface area is 166 Å². The van der Waals surface area contributed by atoms with E-state index >= 15 is 0 Å². The molecule has 0 amide bonds. The van der Waals surface area contributed by atoms with Gasteiger partial charge in [0.1, 0.15) is 11.3 Å². The Morgan fingerprint density at radius 3 is 2.03 bits per heavy atom. The summed E-state index contributed by atoms with van der Waals surface area (Å²) in [5.74, 6) is -0.264. The highest BCUT2D eigenvalue weighted by atomic mass is 19.4. The first-order valence-corrected chi connectivity index (χ1v) is 9.19. The predicted octanol–water partition coefficient (Wildman–Crippen LogP) is 7.53. The number of furan rings is 1. The standard InChI is InChI=1S/C23H20F3NO2/c1-22(2,3)18-8-4-6-16-17-7-5-9-19(21(17)28-20(16)18)27-14-10-12-15(13-11-14)29-23(24,25)26/h4-13,27H,1-3H3. The molecule has 3 nitrogen and oxygen atoms in total. The molecule has 0 aliphatic rings. The Morgan fingerprint density at radius 1 is 0.793 bits per heavy atom. The van der Waals surface area contributed by atoms with Crippen molar-refractivity contribution in [2.24, 2.45) is 0 Å².